The third-order valence-electron chi connectivity index (χ3n) is 5.52. The number of hydrogen-bond acceptors (Lipinski definition) is 5. The summed E-state index contributed by atoms with van der Waals surface area (Å²) in [5, 5.41) is 2.89. The Morgan fingerprint density at radius 2 is 2.10 bits per heavy atom. The summed E-state index contributed by atoms with van der Waals surface area (Å²) in [5.74, 6) is 1.29. The lowest BCUT2D eigenvalue weighted by Crippen LogP contribution is -2.39. The molecule has 1 atom stereocenters. The molecule has 2 heterocycles. The standard InChI is InChI=1S/C24H28N2O5/c1-17-7-2-3-8-20(17)29-13-5-4-12-26-19-15-18(10-11-21(19)31-16-23(26)27)25-24(28)22-9-6-14-30-22/h2-3,7-8,10-11,15,22H,4-6,9,12-14,16H2,1H3,(H,25,28). The van der Waals surface area contributed by atoms with E-state index in [0.717, 1.165) is 37.0 Å². The van der Waals surface area contributed by atoms with Crippen molar-refractivity contribution in [3.05, 3.63) is 48.0 Å². The van der Waals surface area contributed by atoms with Gasteiger partial charge in [-0.2, -0.15) is 0 Å². The first kappa shape index (κ1) is 21.2. The average Bonchev–Trinajstić information content (AvgIpc) is 3.31. The Bertz CT molecular complexity index is 939. The summed E-state index contributed by atoms with van der Waals surface area (Å²) in [5.41, 5.74) is 2.42. The number of benzene rings is 2. The molecule has 2 amide bonds. The first-order valence-electron chi connectivity index (χ1n) is 10.8. The largest absolute Gasteiger partial charge is 0.493 e. The van der Waals surface area contributed by atoms with Crippen molar-refractivity contribution in [2.75, 3.05) is 36.6 Å². The Balaban J connectivity index is 1.34. The topological polar surface area (TPSA) is 77.1 Å². The molecule has 4 rings (SSSR count). The lowest BCUT2D eigenvalue weighted by Gasteiger charge is -2.30. The summed E-state index contributed by atoms with van der Waals surface area (Å²) < 4.78 is 16.9. The highest BCUT2D eigenvalue weighted by atomic mass is 16.5. The summed E-state index contributed by atoms with van der Waals surface area (Å²) in [6.45, 7) is 3.82. The van der Waals surface area contributed by atoms with E-state index in [0.29, 0.717) is 36.9 Å². The molecule has 2 aliphatic rings. The number of hydrogen-bond donors (Lipinski definition) is 1. The second-order valence-electron chi connectivity index (χ2n) is 7.83. The van der Waals surface area contributed by atoms with Crippen LogP contribution in [-0.2, 0) is 14.3 Å². The molecule has 0 radical (unpaired) electrons. The molecule has 7 heteroatoms. The number of nitrogens with zero attached hydrogens (tertiary/aromatic N) is 1. The van der Waals surface area contributed by atoms with Crippen molar-refractivity contribution in [2.45, 2.75) is 38.7 Å². The third kappa shape index (κ3) is 5.17. The van der Waals surface area contributed by atoms with Crippen LogP contribution in [0.15, 0.2) is 42.5 Å². The summed E-state index contributed by atoms with van der Waals surface area (Å²) in [7, 11) is 0. The van der Waals surface area contributed by atoms with Gasteiger partial charge in [0.1, 0.15) is 17.6 Å². The van der Waals surface area contributed by atoms with Crippen molar-refractivity contribution < 1.29 is 23.8 Å². The van der Waals surface area contributed by atoms with Gasteiger partial charge in [0, 0.05) is 18.8 Å². The van der Waals surface area contributed by atoms with Crippen molar-refractivity contribution in [2.24, 2.45) is 0 Å². The fraction of sp³-hybridized carbons (Fsp3) is 0.417. The van der Waals surface area contributed by atoms with Gasteiger partial charge in [0.25, 0.3) is 11.8 Å². The van der Waals surface area contributed by atoms with Crippen LogP contribution in [0.5, 0.6) is 11.5 Å². The van der Waals surface area contributed by atoms with Crippen LogP contribution in [-0.4, -0.2) is 44.3 Å². The SMILES string of the molecule is Cc1ccccc1OCCCCN1C(=O)COc2ccc(NC(=O)C3CCCO3)cc21. The van der Waals surface area contributed by atoms with E-state index in [4.69, 9.17) is 14.2 Å². The average molecular weight is 424 g/mol. The van der Waals surface area contributed by atoms with Crippen LogP contribution in [0.2, 0.25) is 0 Å². The molecule has 1 fully saturated rings. The Morgan fingerprint density at radius 1 is 1.23 bits per heavy atom. The highest BCUT2D eigenvalue weighted by Gasteiger charge is 2.27. The number of carbonyl (C=O) groups excluding carboxylic acids is 2. The second-order valence-corrected chi connectivity index (χ2v) is 7.83. The van der Waals surface area contributed by atoms with Crippen LogP contribution in [0.1, 0.15) is 31.2 Å². The molecule has 1 saturated heterocycles. The number of carbonyl (C=O) groups is 2. The molecule has 0 aromatic heterocycles. The van der Waals surface area contributed by atoms with Crippen LogP contribution in [0.3, 0.4) is 0 Å². The molecule has 1 unspecified atom stereocenters. The fourth-order valence-electron chi connectivity index (χ4n) is 3.80. The van der Waals surface area contributed by atoms with Gasteiger partial charge >= 0.3 is 0 Å². The minimum atomic E-state index is -0.404. The molecule has 1 N–H and O–H groups in total. The molecular formula is C24H28N2O5. The molecule has 0 saturated carbocycles. The number of unbranched alkanes of at least 4 members (excludes halogenated alkanes) is 1. The van der Waals surface area contributed by atoms with E-state index < -0.39 is 6.10 Å². The first-order chi connectivity index (χ1) is 15.1. The van der Waals surface area contributed by atoms with Gasteiger partial charge in [-0.3, -0.25) is 9.59 Å². The number of nitrogens with one attached hydrogen (secondary N) is 1. The molecule has 7 nitrogen and oxygen atoms in total. The van der Waals surface area contributed by atoms with Gasteiger partial charge in [0.2, 0.25) is 0 Å². The Morgan fingerprint density at radius 3 is 2.90 bits per heavy atom. The van der Waals surface area contributed by atoms with E-state index in [9.17, 15) is 9.59 Å². The van der Waals surface area contributed by atoms with Gasteiger partial charge in [0.05, 0.1) is 12.3 Å². The minimum Gasteiger partial charge on any atom is -0.493 e. The number of anilines is 2. The van der Waals surface area contributed by atoms with Crippen molar-refractivity contribution in [1.82, 2.24) is 0 Å². The lowest BCUT2D eigenvalue weighted by molar-refractivity contribution is -0.124. The molecule has 2 aromatic carbocycles. The quantitative estimate of drug-likeness (QED) is 0.654. The lowest BCUT2D eigenvalue weighted by atomic mass is 10.1. The van der Waals surface area contributed by atoms with E-state index in [1.54, 1.807) is 23.1 Å². The number of aryl methyl sites for hydroxylation is 1. The predicted octanol–water partition coefficient (Wildman–Crippen LogP) is 3.70. The number of rotatable bonds is 8. The molecule has 2 aliphatic heterocycles. The Hall–Kier alpha value is -3.06. The van der Waals surface area contributed by atoms with Crippen molar-refractivity contribution in [1.29, 1.82) is 0 Å². The van der Waals surface area contributed by atoms with Crippen LogP contribution >= 0.6 is 0 Å². The smallest absolute Gasteiger partial charge is 0.265 e. The Labute approximate surface area is 182 Å². The molecular weight excluding hydrogens is 396 g/mol. The maximum Gasteiger partial charge on any atom is 0.265 e. The zero-order valence-electron chi connectivity index (χ0n) is 17.8. The summed E-state index contributed by atoms with van der Waals surface area (Å²) in [6.07, 6.45) is 2.84. The van der Waals surface area contributed by atoms with Crippen molar-refractivity contribution in [3.8, 4) is 11.5 Å². The molecule has 0 spiro atoms. The maximum atomic E-state index is 12.5. The number of fused-ring (bicyclic) bond motifs is 1. The van der Waals surface area contributed by atoms with Crippen LogP contribution in [0.25, 0.3) is 0 Å². The number of ether oxygens (including phenoxy) is 3. The molecule has 164 valence electrons. The number of amides is 2. The van der Waals surface area contributed by atoms with E-state index in [1.165, 1.54) is 0 Å². The first-order valence-corrected chi connectivity index (χ1v) is 10.8. The summed E-state index contributed by atoms with van der Waals surface area (Å²) >= 11 is 0. The predicted molar refractivity (Wildman–Crippen MR) is 118 cm³/mol. The molecule has 0 aliphatic carbocycles. The van der Waals surface area contributed by atoms with Gasteiger partial charge in [-0.05, 0) is 62.4 Å². The second kappa shape index (κ2) is 9.83. The van der Waals surface area contributed by atoms with E-state index >= 15 is 0 Å². The van der Waals surface area contributed by atoms with Crippen LogP contribution < -0.4 is 19.7 Å². The summed E-state index contributed by atoms with van der Waals surface area (Å²) in [6, 6.07) is 13.3. The molecule has 31 heavy (non-hydrogen) atoms. The maximum absolute atomic E-state index is 12.5. The monoisotopic (exact) mass is 424 g/mol. The van der Waals surface area contributed by atoms with E-state index in [-0.39, 0.29) is 18.4 Å². The van der Waals surface area contributed by atoms with Crippen LogP contribution in [0.4, 0.5) is 11.4 Å². The zero-order chi connectivity index (χ0) is 21.6. The fourth-order valence-corrected chi connectivity index (χ4v) is 3.80. The van der Waals surface area contributed by atoms with Gasteiger partial charge in [-0.25, -0.2) is 0 Å². The minimum absolute atomic E-state index is 0.0222. The van der Waals surface area contributed by atoms with Crippen molar-refractivity contribution >= 4 is 23.2 Å². The highest BCUT2D eigenvalue weighted by molar-refractivity contribution is 6.00. The van der Waals surface area contributed by atoms with Gasteiger partial charge in [-0.15, -0.1) is 0 Å². The van der Waals surface area contributed by atoms with Crippen molar-refractivity contribution in [3.63, 3.8) is 0 Å². The van der Waals surface area contributed by atoms with Crippen LogP contribution in [0, 0.1) is 6.92 Å². The van der Waals surface area contributed by atoms with E-state index in [2.05, 4.69) is 5.32 Å². The van der Waals surface area contributed by atoms with E-state index in [1.807, 2.05) is 31.2 Å². The van der Waals surface area contributed by atoms with Gasteiger partial charge in [-0.1, -0.05) is 18.2 Å². The van der Waals surface area contributed by atoms with Gasteiger partial charge in [0.15, 0.2) is 6.61 Å². The summed E-state index contributed by atoms with van der Waals surface area (Å²) in [4.78, 5) is 26.6. The number of para-hydroxylation sites is 1. The Kier molecular flexibility index (Phi) is 6.72. The van der Waals surface area contributed by atoms with Gasteiger partial charge < -0.3 is 24.4 Å². The normalized spacial score (nSPS) is 17.8. The molecule has 0 bridgehead atoms. The highest BCUT2D eigenvalue weighted by Crippen LogP contribution is 2.35. The molecule has 2 aromatic rings. The third-order valence-corrected chi connectivity index (χ3v) is 5.52. The zero-order valence-corrected chi connectivity index (χ0v) is 17.8.